The SMILES string of the molecule is C.C.CC(=O)O.CC(=O)O[BH-](OC(C)=O)OC(C)=O.CCN(C(C)C)C(C)C.CN(C(=O)n1cnc(-c2cccc(C(N)=O)c2)c1)C1CCNCC1.COc1cccc(C=O)c1.COc1cccc(CN2CCC(N(C)C(=O)n3cnc(-c4cccc(C(N)=O)c4)c3)CC2)c1.Cl.Cl.[Na+]. The van der Waals surface area contributed by atoms with E-state index in [2.05, 4.69) is 85.8 Å². The van der Waals surface area contributed by atoms with Crippen molar-refractivity contribution in [3.05, 3.63) is 144 Å². The van der Waals surface area contributed by atoms with E-state index in [0.29, 0.717) is 45.9 Å². The number of hydrogen-bond acceptors (Lipinski definition) is 19. The smallest absolute Gasteiger partial charge is 0.625 e. The summed E-state index contributed by atoms with van der Waals surface area (Å²) in [6.45, 7) is 21.3. The van der Waals surface area contributed by atoms with E-state index in [0.717, 1.165) is 116 Å². The molecule has 6 N–H and O–H groups in total. The van der Waals surface area contributed by atoms with Crippen LogP contribution in [0.3, 0.4) is 0 Å². The van der Waals surface area contributed by atoms with E-state index < -0.39 is 43.0 Å². The second kappa shape index (κ2) is 49.4. The topological polar surface area (TPSA) is 333 Å². The molecule has 26 nitrogen and oxygen atoms in total. The van der Waals surface area contributed by atoms with Crippen molar-refractivity contribution in [1.29, 1.82) is 0 Å². The van der Waals surface area contributed by atoms with Crippen LogP contribution < -0.4 is 55.8 Å². The Morgan fingerprint density at radius 2 is 1.02 bits per heavy atom. The van der Waals surface area contributed by atoms with Crippen molar-refractivity contribution in [3.63, 3.8) is 0 Å². The first-order valence-corrected chi connectivity index (χ1v) is 30.3. The molecule has 4 amide bonds. The molecule has 30 heteroatoms. The third kappa shape index (κ3) is 33.9. The van der Waals surface area contributed by atoms with Crippen LogP contribution in [0.4, 0.5) is 9.59 Å². The number of imidazole rings is 2. The van der Waals surface area contributed by atoms with E-state index in [1.54, 1.807) is 97.1 Å². The Hall–Kier alpha value is -8.15. The maximum Gasteiger partial charge on any atom is 1.00 e. The first-order valence-electron chi connectivity index (χ1n) is 30.3. The van der Waals surface area contributed by atoms with Crippen LogP contribution in [-0.2, 0) is 39.7 Å². The normalized spacial score (nSPS) is 12.2. The van der Waals surface area contributed by atoms with Gasteiger partial charge in [-0.3, -0.25) is 52.5 Å². The Labute approximate surface area is 612 Å². The number of methoxy groups -OCH3 is 2. The van der Waals surface area contributed by atoms with Gasteiger partial charge in [0.25, 0.3) is 23.9 Å². The largest absolute Gasteiger partial charge is 1.00 e. The van der Waals surface area contributed by atoms with Crippen LogP contribution in [0, 0.1) is 0 Å². The molecule has 2 aliphatic heterocycles. The molecule has 0 bridgehead atoms. The molecule has 2 aromatic heterocycles. The number of likely N-dealkylation sites (tertiary alicyclic amines) is 1. The maximum atomic E-state index is 13.1. The predicted molar refractivity (Wildman–Crippen MR) is 381 cm³/mol. The van der Waals surface area contributed by atoms with Crippen LogP contribution in [0.1, 0.15) is 139 Å². The summed E-state index contributed by atoms with van der Waals surface area (Å²) < 4.78 is 26.5. The third-order valence-corrected chi connectivity index (χ3v) is 14.5. The molecule has 98 heavy (non-hydrogen) atoms. The molecule has 536 valence electrons. The van der Waals surface area contributed by atoms with Crippen LogP contribution in [0.2, 0.25) is 0 Å². The standard InChI is InChI=1S/C25H29N5O3.C17H21N5O2.C8H19N.C8H8O2.C6H10BO6.C2H4O2.2CH4.2ClH.Na/c1-28(21-9-11-29(12-10-21)15-18-5-3-8-22(13-18)33-2)25(32)30-16-23(27-17-30)19-6-4-7-20(14-19)24(26)31;1-21(14-5-7-19-8-6-14)17(24)22-10-15(20-11-22)12-3-2-4-13(9-12)16(18)23;1-6-9(7(2)3)8(4)5;1-10-8-4-2-3-7(5-8)6-9;1-4(8)11-7(12-5(2)9)13-6(3)10;1-2(3)4;;;;;/h3-8,13-14,16-17,21H,9-12,15H2,1-2H3,(H2,26,31);2-4,9-11,14,19H,5-8H2,1H3,(H2,18,23);7-8H,6H2,1-5H3;2-6H,1H3;7H,1-3H3;1H3,(H,3,4);2*1H4;2*1H;/q;;;;-1;;;;;;+1. The fourth-order valence-electron chi connectivity index (χ4n) is 9.81. The monoisotopic (exact) mass is 1420 g/mol. The average molecular weight is 1420 g/mol. The number of nitrogens with one attached hydrogen (secondary N) is 1. The molecule has 4 heterocycles. The van der Waals surface area contributed by atoms with Gasteiger partial charge in [-0.05, 0) is 127 Å². The molecule has 0 aliphatic carbocycles. The number of carboxylic acid groups (broad SMARTS) is 1. The molecule has 0 spiro atoms. The van der Waals surface area contributed by atoms with Gasteiger partial charge in [0, 0.05) is 126 Å². The molecule has 4 aromatic carbocycles. The van der Waals surface area contributed by atoms with Crippen molar-refractivity contribution in [3.8, 4) is 34.0 Å². The molecule has 2 saturated heterocycles. The number of carbonyl (C=O) groups excluding carboxylic acids is 8. The van der Waals surface area contributed by atoms with Gasteiger partial charge in [-0.1, -0.05) is 70.3 Å². The minimum absolute atomic E-state index is 0. The molecular formula is C68H101BCl2N11NaO15. The van der Waals surface area contributed by atoms with Crippen LogP contribution in [-0.4, -0.2) is 190 Å². The summed E-state index contributed by atoms with van der Waals surface area (Å²) in [7, 11) is 4.51. The quantitative estimate of drug-likeness (QED) is 0.0541. The first kappa shape index (κ1) is 94.0. The Morgan fingerprint density at radius 1 is 0.633 bits per heavy atom. The van der Waals surface area contributed by atoms with E-state index in [-0.39, 0.29) is 93.4 Å². The van der Waals surface area contributed by atoms with Crippen molar-refractivity contribution < 1.29 is 101 Å². The van der Waals surface area contributed by atoms with Gasteiger partial charge in [-0.2, -0.15) is 0 Å². The summed E-state index contributed by atoms with van der Waals surface area (Å²) in [4.78, 5) is 116. The van der Waals surface area contributed by atoms with Crippen LogP contribution in [0.5, 0.6) is 11.5 Å². The average Bonchev–Trinajstić information content (AvgIpc) is 1.65. The zero-order valence-corrected chi connectivity index (χ0v) is 61.1. The van der Waals surface area contributed by atoms with E-state index in [9.17, 15) is 38.4 Å². The molecule has 2 fully saturated rings. The zero-order chi connectivity index (χ0) is 69.3. The van der Waals surface area contributed by atoms with Crippen molar-refractivity contribution >= 4 is 86.2 Å². The van der Waals surface area contributed by atoms with E-state index in [4.69, 9.17) is 30.8 Å². The number of aromatic nitrogens is 4. The molecule has 0 unspecified atom stereocenters. The van der Waals surface area contributed by atoms with Gasteiger partial charge in [-0.15, -0.1) is 24.8 Å². The number of aldehydes is 1. The molecular weight excluding hydrogens is 1320 g/mol. The van der Waals surface area contributed by atoms with E-state index in [1.165, 1.54) is 27.4 Å². The minimum Gasteiger partial charge on any atom is -0.625 e. The van der Waals surface area contributed by atoms with Crippen LogP contribution in [0.15, 0.2) is 122 Å². The second-order valence-electron chi connectivity index (χ2n) is 22.0. The number of piperidine rings is 2. The van der Waals surface area contributed by atoms with Gasteiger partial charge in [0.05, 0.1) is 25.6 Å². The number of ether oxygens (including phenoxy) is 2. The Morgan fingerprint density at radius 3 is 1.38 bits per heavy atom. The van der Waals surface area contributed by atoms with Gasteiger partial charge in [-0.25, -0.2) is 19.6 Å². The number of amides is 4. The van der Waals surface area contributed by atoms with Crippen molar-refractivity contribution in [2.45, 2.75) is 134 Å². The summed E-state index contributed by atoms with van der Waals surface area (Å²) in [5.41, 5.74) is 16.1. The minimum atomic E-state index is -2.41. The molecule has 0 atom stereocenters. The number of nitrogens with zero attached hydrogens (tertiary/aromatic N) is 8. The second-order valence-corrected chi connectivity index (χ2v) is 22.0. The summed E-state index contributed by atoms with van der Waals surface area (Å²) in [5.74, 6) is -2.27. The number of rotatable bonds is 17. The number of primary amides is 2. The number of nitrogens with two attached hydrogens (primary N) is 2. The Bertz CT molecular complexity index is 3350. The predicted octanol–water partition coefficient (Wildman–Crippen LogP) is 6.76. The summed E-state index contributed by atoms with van der Waals surface area (Å²) in [6, 6.07) is 30.5. The molecule has 0 radical (unpaired) electrons. The van der Waals surface area contributed by atoms with Gasteiger partial charge in [0.1, 0.15) is 30.4 Å². The van der Waals surface area contributed by atoms with Crippen molar-refractivity contribution in [2.24, 2.45) is 11.5 Å². The third-order valence-electron chi connectivity index (χ3n) is 14.5. The van der Waals surface area contributed by atoms with E-state index >= 15 is 0 Å². The van der Waals surface area contributed by atoms with Crippen LogP contribution in [0.25, 0.3) is 22.5 Å². The summed E-state index contributed by atoms with van der Waals surface area (Å²) in [5, 5.41) is 10.7. The molecule has 2 aliphatic rings. The molecule has 6 aromatic rings. The number of halogens is 2. The number of aliphatic carboxylic acids is 1. The fourth-order valence-corrected chi connectivity index (χ4v) is 9.81. The fraction of sp³-hybridized carbons (Fsp3) is 0.426. The van der Waals surface area contributed by atoms with Gasteiger partial charge in [0.2, 0.25) is 11.8 Å². The van der Waals surface area contributed by atoms with Crippen LogP contribution >= 0.6 is 24.8 Å². The Balaban J connectivity index is -0.00000122. The zero-order valence-electron chi connectivity index (χ0n) is 57.4. The number of hydrogen-bond donors (Lipinski definition) is 4. The number of benzene rings is 4. The number of carbonyl (C=O) groups is 9. The summed E-state index contributed by atoms with van der Waals surface area (Å²) >= 11 is 0. The van der Waals surface area contributed by atoms with E-state index in [1.807, 2.05) is 38.4 Å². The molecule has 8 rings (SSSR count). The number of carboxylic acids is 1. The first-order chi connectivity index (χ1) is 44.1. The molecule has 0 saturated carbocycles. The van der Waals surface area contributed by atoms with Gasteiger partial charge < -0.3 is 55.1 Å². The summed E-state index contributed by atoms with van der Waals surface area (Å²) in [6.07, 6.45) is 10.9. The van der Waals surface area contributed by atoms with Crippen molar-refractivity contribution in [1.82, 2.24) is 44.0 Å². The van der Waals surface area contributed by atoms with Gasteiger partial charge >= 0.3 is 48.9 Å². The van der Waals surface area contributed by atoms with Gasteiger partial charge in [0.15, 0.2) is 0 Å². The maximum absolute atomic E-state index is 13.1. The Kier molecular flexibility index (Phi) is 47.4. The van der Waals surface area contributed by atoms with Crippen molar-refractivity contribution in [2.75, 3.05) is 61.0 Å².